The summed E-state index contributed by atoms with van der Waals surface area (Å²) in [6.07, 6.45) is 0. The molecule has 0 spiro atoms. The number of para-hydroxylation sites is 2. The molecule has 0 unspecified atom stereocenters. The van der Waals surface area contributed by atoms with E-state index in [0.29, 0.717) is 5.69 Å². The number of hydrogen-bond acceptors (Lipinski definition) is 5. The smallest absolute Gasteiger partial charge is 0.387 e. The summed E-state index contributed by atoms with van der Waals surface area (Å²) in [7, 11) is 0. The molecule has 0 amide bonds. The van der Waals surface area contributed by atoms with Crippen molar-refractivity contribution < 1.29 is 27.8 Å². The molecule has 3 rings (SSSR count). The van der Waals surface area contributed by atoms with Crippen molar-refractivity contribution in [1.82, 2.24) is 0 Å². The third kappa shape index (κ3) is 5.62. The lowest BCUT2D eigenvalue weighted by Crippen LogP contribution is -2.15. The number of halogens is 2. The van der Waals surface area contributed by atoms with Crippen LogP contribution in [0.2, 0.25) is 0 Å². The molecular formula is C22H17F2NO4. The van der Waals surface area contributed by atoms with Crippen LogP contribution in [0, 0.1) is 0 Å². The first-order valence-electron chi connectivity index (χ1n) is 8.69. The van der Waals surface area contributed by atoms with Gasteiger partial charge < -0.3 is 14.8 Å². The maximum absolute atomic E-state index is 12.4. The molecule has 0 aliphatic rings. The van der Waals surface area contributed by atoms with Gasteiger partial charge in [0.2, 0.25) is 0 Å². The molecule has 0 aliphatic carbocycles. The number of hydrogen-bond donors (Lipinski definition) is 1. The summed E-state index contributed by atoms with van der Waals surface area (Å²) in [5.41, 5.74) is 1.85. The van der Waals surface area contributed by atoms with E-state index in [1.165, 1.54) is 24.3 Å². The first-order chi connectivity index (χ1) is 14.0. The van der Waals surface area contributed by atoms with Crippen LogP contribution in [0.15, 0.2) is 78.9 Å². The Morgan fingerprint density at radius 3 is 2.21 bits per heavy atom. The maximum atomic E-state index is 12.4. The lowest BCUT2D eigenvalue weighted by atomic mass is 10.1. The molecule has 0 radical (unpaired) electrons. The van der Waals surface area contributed by atoms with Crippen molar-refractivity contribution in [2.24, 2.45) is 0 Å². The number of esters is 1. The lowest BCUT2D eigenvalue weighted by molar-refractivity contribution is -0.0498. The number of anilines is 2. The summed E-state index contributed by atoms with van der Waals surface area (Å²) in [4.78, 5) is 24.7. The molecule has 0 bridgehead atoms. The van der Waals surface area contributed by atoms with Crippen LogP contribution in [0.3, 0.4) is 0 Å². The van der Waals surface area contributed by atoms with Crippen LogP contribution in [0.25, 0.3) is 0 Å². The van der Waals surface area contributed by atoms with E-state index >= 15 is 0 Å². The second-order valence-electron chi connectivity index (χ2n) is 5.94. The van der Waals surface area contributed by atoms with Crippen molar-refractivity contribution in [1.29, 1.82) is 0 Å². The number of ketones is 1. The SMILES string of the molecule is O=C(COC(=O)c1ccccc1Nc1ccccc1)c1ccc(OC(F)F)cc1. The van der Waals surface area contributed by atoms with Crippen molar-refractivity contribution in [3.05, 3.63) is 90.0 Å². The summed E-state index contributed by atoms with van der Waals surface area (Å²) < 4.78 is 33.7. The van der Waals surface area contributed by atoms with E-state index in [1.807, 2.05) is 30.3 Å². The molecule has 0 saturated heterocycles. The average molecular weight is 397 g/mol. The Balaban J connectivity index is 1.63. The lowest BCUT2D eigenvalue weighted by Gasteiger charge is -2.11. The Morgan fingerprint density at radius 1 is 0.862 bits per heavy atom. The van der Waals surface area contributed by atoms with Gasteiger partial charge in [0.25, 0.3) is 0 Å². The number of carbonyl (C=O) groups is 2. The van der Waals surface area contributed by atoms with E-state index < -0.39 is 25.0 Å². The summed E-state index contributed by atoms with van der Waals surface area (Å²) >= 11 is 0. The number of benzene rings is 3. The van der Waals surface area contributed by atoms with Gasteiger partial charge in [-0.15, -0.1) is 0 Å². The molecule has 3 aromatic carbocycles. The number of ether oxygens (including phenoxy) is 2. The summed E-state index contributed by atoms with van der Waals surface area (Å²) in [6.45, 7) is -3.42. The molecule has 3 aromatic rings. The Kier molecular flexibility index (Phi) is 6.52. The summed E-state index contributed by atoms with van der Waals surface area (Å²) in [6, 6.07) is 21.3. The van der Waals surface area contributed by atoms with Crippen molar-refractivity contribution in [2.75, 3.05) is 11.9 Å². The number of alkyl halides is 2. The first-order valence-corrected chi connectivity index (χ1v) is 8.69. The van der Waals surface area contributed by atoms with E-state index in [1.54, 1.807) is 24.3 Å². The zero-order valence-electron chi connectivity index (χ0n) is 15.2. The summed E-state index contributed by atoms with van der Waals surface area (Å²) in [5.74, 6) is -1.18. The van der Waals surface area contributed by atoms with Gasteiger partial charge in [-0.25, -0.2) is 4.79 Å². The van der Waals surface area contributed by atoms with Gasteiger partial charge in [0.05, 0.1) is 11.3 Å². The van der Waals surface area contributed by atoms with Gasteiger partial charge in [0, 0.05) is 11.3 Å². The largest absolute Gasteiger partial charge is 0.454 e. The topological polar surface area (TPSA) is 64.6 Å². The highest BCUT2D eigenvalue weighted by Gasteiger charge is 2.15. The zero-order valence-corrected chi connectivity index (χ0v) is 15.2. The van der Waals surface area contributed by atoms with E-state index in [-0.39, 0.29) is 16.9 Å². The van der Waals surface area contributed by atoms with Crippen LogP contribution < -0.4 is 10.1 Å². The quantitative estimate of drug-likeness (QED) is 0.425. The third-order valence-corrected chi connectivity index (χ3v) is 3.94. The highest BCUT2D eigenvalue weighted by molar-refractivity contribution is 6.01. The van der Waals surface area contributed by atoms with E-state index in [0.717, 1.165) is 5.69 Å². The van der Waals surface area contributed by atoms with Gasteiger partial charge in [-0.05, 0) is 48.5 Å². The van der Waals surface area contributed by atoms with Crippen LogP contribution >= 0.6 is 0 Å². The normalized spacial score (nSPS) is 10.4. The number of carbonyl (C=O) groups excluding carboxylic acids is 2. The highest BCUT2D eigenvalue weighted by Crippen LogP contribution is 2.21. The monoisotopic (exact) mass is 397 g/mol. The molecule has 0 heterocycles. The van der Waals surface area contributed by atoms with Crippen LogP contribution in [-0.4, -0.2) is 25.0 Å². The molecule has 0 aromatic heterocycles. The molecule has 7 heteroatoms. The summed E-state index contributed by atoms with van der Waals surface area (Å²) in [5, 5.41) is 3.13. The molecule has 1 N–H and O–H groups in total. The van der Waals surface area contributed by atoms with Gasteiger partial charge in [-0.3, -0.25) is 4.79 Å². The Morgan fingerprint density at radius 2 is 1.52 bits per heavy atom. The molecule has 0 saturated carbocycles. The van der Waals surface area contributed by atoms with Gasteiger partial charge >= 0.3 is 12.6 Å². The standard InChI is InChI=1S/C22H17F2NO4/c23-22(24)29-17-12-10-15(11-13-17)20(26)14-28-21(27)18-8-4-5-9-19(18)25-16-6-2-1-3-7-16/h1-13,22,25H,14H2. The fourth-order valence-corrected chi connectivity index (χ4v) is 2.56. The van der Waals surface area contributed by atoms with Crippen molar-refractivity contribution in [2.45, 2.75) is 6.61 Å². The minimum atomic E-state index is -2.94. The molecule has 0 aliphatic heterocycles. The van der Waals surface area contributed by atoms with E-state index in [9.17, 15) is 18.4 Å². The number of nitrogens with one attached hydrogen (secondary N) is 1. The van der Waals surface area contributed by atoms with Gasteiger partial charge in [-0.2, -0.15) is 8.78 Å². The zero-order chi connectivity index (χ0) is 20.6. The highest BCUT2D eigenvalue weighted by atomic mass is 19.3. The Bertz CT molecular complexity index is 976. The minimum Gasteiger partial charge on any atom is -0.454 e. The van der Waals surface area contributed by atoms with Gasteiger partial charge in [-0.1, -0.05) is 30.3 Å². The molecule has 148 valence electrons. The van der Waals surface area contributed by atoms with E-state index in [4.69, 9.17) is 4.74 Å². The average Bonchev–Trinajstić information content (AvgIpc) is 2.73. The fourth-order valence-electron chi connectivity index (χ4n) is 2.56. The number of rotatable bonds is 8. The van der Waals surface area contributed by atoms with Gasteiger partial charge in [0.1, 0.15) is 5.75 Å². The van der Waals surface area contributed by atoms with Crippen molar-refractivity contribution in [3.63, 3.8) is 0 Å². The van der Waals surface area contributed by atoms with Crippen LogP contribution in [-0.2, 0) is 4.74 Å². The molecule has 0 fully saturated rings. The fraction of sp³-hybridized carbons (Fsp3) is 0.0909. The van der Waals surface area contributed by atoms with Crippen LogP contribution in [0.1, 0.15) is 20.7 Å². The second-order valence-corrected chi connectivity index (χ2v) is 5.94. The maximum Gasteiger partial charge on any atom is 0.387 e. The van der Waals surface area contributed by atoms with E-state index in [2.05, 4.69) is 10.1 Å². The molecule has 29 heavy (non-hydrogen) atoms. The predicted octanol–water partition coefficient (Wildman–Crippen LogP) is 5.07. The van der Waals surface area contributed by atoms with Crippen LogP contribution in [0.5, 0.6) is 5.75 Å². The molecular weight excluding hydrogens is 380 g/mol. The first kappa shape index (κ1) is 20.0. The van der Waals surface area contributed by atoms with Crippen molar-refractivity contribution >= 4 is 23.1 Å². The van der Waals surface area contributed by atoms with Gasteiger partial charge in [0.15, 0.2) is 12.4 Å². The van der Waals surface area contributed by atoms with Crippen molar-refractivity contribution in [3.8, 4) is 5.75 Å². The number of Topliss-reactive ketones (excluding diaryl/α,β-unsaturated/α-hetero) is 1. The third-order valence-electron chi connectivity index (χ3n) is 3.94. The minimum absolute atomic E-state index is 0.0607. The Hall–Kier alpha value is -3.74. The predicted molar refractivity (Wildman–Crippen MR) is 104 cm³/mol. The second kappa shape index (κ2) is 9.45. The molecule has 5 nitrogen and oxygen atoms in total. The molecule has 0 atom stereocenters. The Labute approximate surface area is 165 Å². The van der Waals surface area contributed by atoms with Crippen LogP contribution in [0.4, 0.5) is 20.2 Å².